The van der Waals surface area contributed by atoms with E-state index in [1.54, 1.807) is 6.92 Å². The van der Waals surface area contributed by atoms with Crippen LogP contribution in [0.5, 0.6) is 0 Å². The van der Waals surface area contributed by atoms with Crippen LogP contribution in [0.2, 0.25) is 10.0 Å². The lowest BCUT2D eigenvalue weighted by molar-refractivity contribution is 0.0537. The van der Waals surface area contributed by atoms with E-state index in [0.717, 1.165) is 6.26 Å². The molecule has 0 unspecified atom stereocenters. The molecule has 13 heteroatoms. The van der Waals surface area contributed by atoms with Crippen molar-refractivity contribution in [2.45, 2.75) is 30.8 Å². The highest BCUT2D eigenvalue weighted by Crippen LogP contribution is 2.29. The maximum atomic E-state index is 12.6. The van der Waals surface area contributed by atoms with Gasteiger partial charge < -0.3 is 15.2 Å². The van der Waals surface area contributed by atoms with Crippen LogP contribution < -0.4 is 15.7 Å². The number of hydroxylamine groups is 1. The smallest absolute Gasteiger partial charge is 0.275 e. The summed E-state index contributed by atoms with van der Waals surface area (Å²) in [5.41, 5.74) is 3.12. The van der Waals surface area contributed by atoms with E-state index in [-0.39, 0.29) is 33.3 Å². The van der Waals surface area contributed by atoms with Gasteiger partial charge in [0.05, 0.1) is 17.2 Å². The number of aryl methyl sites for hydroxylation is 1. The summed E-state index contributed by atoms with van der Waals surface area (Å²) in [4.78, 5) is 38.3. The molecule has 0 radical (unpaired) electrons. The normalized spacial score (nSPS) is 15.0. The number of nitrogens with one attached hydrogen (secondary N) is 3. The van der Waals surface area contributed by atoms with E-state index in [4.69, 9.17) is 23.2 Å². The third kappa shape index (κ3) is 5.34. The topological polar surface area (TPSA) is 133 Å². The molecule has 32 heavy (non-hydrogen) atoms. The minimum Gasteiger partial charge on any atom is -0.356 e. The van der Waals surface area contributed by atoms with Crippen molar-refractivity contribution in [1.82, 2.24) is 20.8 Å². The quantitative estimate of drug-likeness (QED) is 0.513. The second-order valence-corrected chi connectivity index (χ2v) is 10.2. The Hall–Kier alpha value is -2.34. The molecule has 1 fully saturated rings. The SMILES string of the molecule is CONC(=O)c1cc(N2CCC(NC(=O)c3[nH]c(C)c(Cl)c3Cl)CC2)nc(S(C)(=O)=O)c1. The molecule has 10 nitrogen and oxygen atoms in total. The zero-order valence-electron chi connectivity index (χ0n) is 17.7. The number of H-pyrrole nitrogens is 1. The molecule has 1 saturated heterocycles. The molecular formula is C19H23Cl2N5O5S. The van der Waals surface area contributed by atoms with E-state index < -0.39 is 15.7 Å². The molecule has 0 spiro atoms. The molecule has 0 bridgehead atoms. The fraction of sp³-hybridized carbons (Fsp3) is 0.421. The Morgan fingerprint density at radius 2 is 1.84 bits per heavy atom. The van der Waals surface area contributed by atoms with Gasteiger partial charge in [-0.1, -0.05) is 23.2 Å². The number of amides is 2. The Kier molecular flexibility index (Phi) is 7.33. The Labute approximate surface area is 195 Å². The number of hydrogen-bond donors (Lipinski definition) is 3. The number of piperidine rings is 1. The number of pyridine rings is 1. The van der Waals surface area contributed by atoms with Crippen LogP contribution in [0.25, 0.3) is 0 Å². The molecule has 3 heterocycles. The van der Waals surface area contributed by atoms with Gasteiger partial charge in [-0.2, -0.15) is 0 Å². The van der Waals surface area contributed by atoms with Crippen LogP contribution in [0, 0.1) is 6.92 Å². The zero-order chi connectivity index (χ0) is 23.6. The van der Waals surface area contributed by atoms with E-state index in [1.807, 2.05) is 4.90 Å². The molecule has 174 valence electrons. The number of aromatic amines is 1. The largest absolute Gasteiger partial charge is 0.356 e. The lowest BCUT2D eigenvalue weighted by Crippen LogP contribution is -2.45. The molecule has 3 rings (SSSR count). The second kappa shape index (κ2) is 9.65. The standard InChI is InChI=1S/C19H23Cl2N5O5S/c1-10-15(20)16(21)17(22-10)19(28)23-12-4-6-26(7-5-12)13-8-11(18(27)25-31-2)9-14(24-13)32(3,29)30/h8-9,12,22H,4-7H2,1-3H3,(H,23,28)(H,25,27). The maximum absolute atomic E-state index is 12.6. The van der Waals surface area contributed by atoms with Crippen molar-refractivity contribution in [1.29, 1.82) is 0 Å². The molecule has 0 aliphatic carbocycles. The first-order valence-electron chi connectivity index (χ1n) is 9.66. The molecule has 2 aromatic rings. The first kappa shape index (κ1) is 24.3. The highest BCUT2D eigenvalue weighted by atomic mass is 35.5. The Bertz CT molecular complexity index is 1140. The zero-order valence-corrected chi connectivity index (χ0v) is 20.0. The Balaban J connectivity index is 1.72. The average Bonchev–Trinajstić information content (AvgIpc) is 3.01. The molecule has 0 atom stereocenters. The maximum Gasteiger partial charge on any atom is 0.275 e. The number of hydrogen-bond acceptors (Lipinski definition) is 7. The highest BCUT2D eigenvalue weighted by Gasteiger charge is 2.26. The summed E-state index contributed by atoms with van der Waals surface area (Å²) >= 11 is 12.1. The van der Waals surface area contributed by atoms with Gasteiger partial charge in [0.2, 0.25) is 0 Å². The van der Waals surface area contributed by atoms with Crippen molar-refractivity contribution < 1.29 is 22.8 Å². The van der Waals surface area contributed by atoms with Crippen LogP contribution >= 0.6 is 23.2 Å². The third-order valence-electron chi connectivity index (χ3n) is 5.06. The van der Waals surface area contributed by atoms with Gasteiger partial charge in [0.1, 0.15) is 11.5 Å². The Morgan fingerprint density at radius 1 is 1.19 bits per heavy atom. The van der Waals surface area contributed by atoms with Gasteiger partial charge in [0.25, 0.3) is 11.8 Å². The van der Waals surface area contributed by atoms with Crippen molar-refractivity contribution in [3.63, 3.8) is 0 Å². The van der Waals surface area contributed by atoms with Crippen molar-refractivity contribution in [2.24, 2.45) is 0 Å². The number of carbonyl (C=O) groups excluding carboxylic acids is 2. The molecule has 2 aromatic heterocycles. The van der Waals surface area contributed by atoms with Gasteiger partial charge in [-0.05, 0) is 31.9 Å². The lowest BCUT2D eigenvalue weighted by Gasteiger charge is -2.33. The monoisotopic (exact) mass is 503 g/mol. The molecule has 1 aliphatic rings. The van der Waals surface area contributed by atoms with Crippen LogP contribution in [-0.4, -0.2) is 62.7 Å². The molecule has 1 aliphatic heterocycles. The minimum absolute atomic E-state index is 0.112. The van der Waals surface area contributed by atoms with E-state index in [1.165, 1.54) is 19.2 Å². The summed E-state index contributed by atoms with van der Waals surface area (Å²) in [7, 11) is -2.36. The van der Waals surface area contributed by atoms with Gasteiger partial charge in [-0.25, -0.2) is 18.9 Å². The average molecular weight is 504 g/mol. The van der Waals surface area contributed by atoms with Gasteiger partial charge in [-0.15, -0.1) is 0 Å². The van der Waals surface area contributed by atoms with Crippen LogP contribution in [0.1, 0.15) is 39.4 Å². The fourth-order valence-corrected chi connectivity index (χ4v) is 4.38. The van der Waals surface area contributed by atoms with Gasteiger partial charge in [-0.3, -0.25) is 14.4 Å². The predicted molar refractivity (Wildman–Crippen MR) is 120 cm³/mol. The number of nitrogens with zero attached hydrogens (tertiary/aromatic N) is 2. The van der Waals surface area contributed by atoms with E-state index in [9.17, 15) is 18.0 Å². The molecule has 0 aromatic carbocycles. The fourth-order valence-electron chi connectivity index (χ4n) is 3.36. The number of rotatable bonds is 6. The highest BCUT2D eigenvalue weighted by molar-refractivity contribution is 7.90. The van der Waals surface area contributed by atoms with E-state index in [0.29, 0.717) is 42.5 Å². The summed E-state index contributed by atoms with van der Waals surface area (Å²) in [5, 5.41) is 3.23. The first-order chi connectivity index (χ1) is 15.0. The predicted octanol–water partition coefficient (Wildman–Crippen LogP) is 2.12. The molecule has 0 saturated carbocycles. The minimum atomic E-state index is -3.64. The number of aromatic nitrogens is 2. The molecular weight excluding hydrogens is 481 g/mol. The molecule has 3 N–H and O–H groups in total. The van der Waals surface area contributed by atoms with Crippen molar-refractivity contribution in [2.75, 3.05) is 31.4 Å². The van der Waals surface area contributed by atoms with Gasteiger partial charge in [0.15, 0.2) is 14.9 Å². The van der Waals surface area contributed by atoms with E-state index in [2.05, 4.69) is 25.6 Å². The summed E-state index contributed by atoms with van der Waals surface area (Å²) in [5.74, 6) is -0.576. The van der Waals surface area contributed by atoms with Gasteiger partial charge >= 0.3 is 0 Å². The number of sulfone groups is 1. The third-order valence-corrected chi connectivity index (χ3v) is 6.98. The second-order valence-electron chi connectivity index (χ2n) is 7.45. The summed E-state index contributed by atoms with van der Waals surface area (Å²) in [6, 6.07) is 2.59. The first-order valence-corrected chi connectivity index (χ1v) is 12.3. The van der Waals surface area contributed by atoms with Crippen LogP contribution in [0.4, 0.5) is 5.82 Å². The van der Waals surface area contributed by atoms with Crippen molar-refractivity contribution >= 4 is 50.7 Å². The summed E-state index contributed by atoms with van der Waals surface area (Å²) in [6.45, 7) is 2.71. The number of carbonyl (C=O) groups is 2. The van der Waals surface area contributed by atoms with Gasteiger partial charge in [0, 0.05) is 36.6 Å². The lowest BCUT2D eigenvalue weighted by atomic mass is 10.0. The van der Waals surface area contributed by atoms with Crippen molar-refractivity contribution in [3.8, 4) is 0 Å². The van der Waals surface area contributed by atoms with Crippen LogP contribution in [0.3, 0.4) is 0 Å². The summed E-state index contributed by atoms with van der Waals surface area (Å²) < 4.78 is 24.1. The Morgan fingerprint density at radius 3 is 2.38 bits per heavy atom. The number of halogens is 2. The van der Waals surface area contributed by atoms with Crippen LogP contribution in [0.15, 0.2) is 17.2 Å². The number of anilines is 1. The van der Waals surface area contributed by atoms with Crippen LogP contribution in [-0.2, 0) is 14.7 Å². The van der Waals surface area contributed by atoms with E-state index >= 15 is 0 Å². The summed E-state index contributed by atoms with van der Waals surface area (Å²) in [6.07, 6.45) is 2.20. The molecule has 2 amide bonds. The van der Waals surface area contributed by atoms with Crippen molar-refractivity contribution in [3.05, 3.63) is 39.1 Å².